The van der Waals surface area contributed by atoms with Crippen molar-refractivity contribution in [2.45, 2.75) is 40.5 Å². The molecular formula is C14H23NO. The van der Waals surface area contributed by atoms with E-state index >= 15 is 0 Å². The third kappa shape index (κ3) is 6.23. The first kappa shape index (κ1) is 14.7. The van der Waals surface area contributed by atoms with Crippen LogP contribution in [0.5, 0.6) is 0 Å². The van der Waals surface area contributed by atoms with Gasteiger partial charge in [0.05, 0.1) is 0 Å². The number of amides is 1. The Morgan fingerprint density at radius 3 is 2.50 bits per heavy atom. The van der Waals surface area contributed by atoms with Crippen LogP contribution in [0.2, 0.25) is 0 Å². The number of rotatable bonds is 6. The molecule has 0 spiro atoms. The molecule has 0 aromatic carbocycles. The van der Waals surface area contributed by atoms with E-state index in [9.17, 15) is 4.79 Å². The first-order valence-corrected chi connectivity index (χ1v) is 5.70. The molecule has 0 aliphatic rings. The molecule has 1 amide bonds. The second-order valence-corrected chi connectivity index (χ2v) is 4.59. The Morgan fingerprint density at radius 1 is 1.44 bits per heavy atom. The standard InChI is InChI=1S/C14H23NO/c1-6-9-10-12(7-2)15-13(16)11-14(4,5)8-3/h6-7,9-10H,2,8,11H2,1,3-5H3,(H,15,16)/b9-6-,12-10+. The molecule has 0 unspecified atom stereocenters. The van der Waals surface area contributed by atoms with Gasteiger partial charge in [-0.3, -0.25) is 4.79 Å². The summed E-state index contributed by atoms with van der Waals surface area (Å²) in [6.07, 6.45) is 8.79. The highest BCUT2D eigenvalue weighted by molar-refractivity contribution is 5.79. The molecule has 2 nitrogen and oxygen atoms in total. The fourth-order valence-electron chi connectivity index (χ4n) is 1.13. The molecule has 0 atom stereocenters. The molecule has 0 aliphatic heterocycles. The van der Waals surface area contributed by atoms with Crippen molar-refractivity contribution in [2.24, 2.45) is 5.41 Å². The lowest BCUT2D eigenvalue weighted by atomic mass is 9.86. The van der Waals surface area contributed by atoms with E-state index < -0.39 is 0 Å². The largest absolute Gasteiger partial charge is 0.326 e. The molecule has 0 heterocycles. The van der Waals surface area contributed by atoms with Crippen LogP contribution < -0.4 is 5.32 Å². The molecule has 0 saturated carbocycles. The summed E-state index contributed by atoms with van der Waals surface area (Å²) in [6, 6.07) is 0. The van der Waals surface area contributed by atoms with Crippen LogP contribution >= 0.6 is 0 Å². The zero-order chi connectivity index (χ0) is 12.6. The predicted molar refractivity (Wildman–Crippen MR) is 69.9 cm³/mol. The van der Waals surface area contributed by atoms with Crippen LogP contribution in [0, 0.1) is 5.41 Å². The van der Waals surface area contributed by atoms with E-state index in [1.165, 1.54) is 0 Å². The lowest BCUT2D eigenvalue weighted by Crippen LogP contribution is -2.27. The van der Waals surface area contributed by atoms with Crippen LogP contribution in [0.4, 0.5) is 0 Å². The smallest absolute Gasteiger partial charge is 0.224 e. The first-order chi connectivity index (χ1) is 7.45. The maximum absolute atomic E-state index is 11.7. The lowest BCUT2D eigenvalue weighted by molar-refractivity contribution is -0.122. The number of hydrogen-bond donors (Lipinski definition) is 1. The van der Waals surface area contributed by atoms with Gasteiger partial charge in [0.1, 0.15) is 0 Å². The van der Waals surface area contributed by atoms with Crippen LogP contribution in [0.1, 0.15) is 40.5 Å². The van der Waals surface area contributed by atoms with Gasteiger partial charge in [-0.25, -0.2) is 0 Å². The van der Waals surface area contributed by atoms with Gasteiger partial charge < -0.3 is 5.32 Å². The molecule has 0 fully saturated rings. The number of hydrogen-bond acceptors (Lipinski definition) is 1. The summed E-state index contributed by atoms with van der Waals surface area (Å²) in [4.78, 5) is 11.7. The highest BCUT2D eigenvalue weighted by atomic mass is 16.1. The quantitative estimate of drug-likeness (QED) is 0.682. The molecular weight excluding hydrogens is 198 g/mol. The number of carbonyl (C=O) groups is 1. The van der Waals surface area contributed by atoms with Crippen LogP contribution in [-0.4, -0.2) is 5.91 Å². The molecule has 0 aromatic heterocycles. The van der Waals surface area contributed by atoms with Crippen LogP contribution in [0.3, 0.4) is 0 Å². The molecule has 2 heteroatoms. The average Bonchev–Trinajstić information content (AvgIpc) is 2.23. The van der Waals surface area contributed by atoms with E-state index in [1.807, 2.05) is 25.2 Å². The van der Waals surface area contributed by atoms with E-state index in [4.69, 9.17) is 0 Å². The fourth-order valence-corrected chi connectivity index (χ4v) is 1.13. The summed E-state index contributed by atoms with van der Waals surface area (Å²) in [6.45, 7) is 11.9. The lowest BCUT2D eigenvalue weighted by Gasteiger charge is -2.21. The Kier molecular flexibility index (Phi) is 6.47. The number of allylic oxidation sites excluding steroid dienone is 4. The van der Waals surface area contributed by atoms with Crippen molar-refractivity contribution in [2.75, 3.05) is 0 Å². The number of carbonyl (C=O) groups excluding carboxylic acids is 1. The van der Waals surface area contributed by atoms with Gasteiger partial charge in [0.15, 0.2) is 0 Å². The summed E-state index contributed by atoms with van der Waals surface area (Å²) >= 11 is 0. The van der Waals surface area contributed by atoms with Crippen LogP contribution in [-0.2, 0) is 4.79 Å². The SMILES string of the molecule is C=C/C(=C\C=C/C)NC(=O)CC(C)(C)CC. The monoisotopic (exact) mass is 221 g/mol. The van der Waals surface area contributed by atoms with E-state index in [0.29, 0.717) is 6.42 Å². The zero-order valence-electron chi connectivity index (χ0n) is 10.8. The van der Waals surface area contributed by atoms with Gasteiger partial charge >= 0.3 is 0 Å². The van der Waals surface area contributed by atoms with Crippen LogP contribution in [0.25, 0.3) is 0 Å². The Balaban J connectivity index is 4.38. The molecule has 0 aromatic rings. The van der Waals surface area contributed by atoms with Crippen molar-refractivity contribution in [3.8, 4) is 0 Å². The van der Waals surface area contributed by atoms with Crippen molar-refractivity contribution in [3.63, 3.8) is 0 Å². The second kappa shape index (κ2) is 7.04. The second-order valence-electron chi connectivity index (χ2n) is 4.59. The molecule has 16 heavy (non-hydrogen) atoms. The van der Waals surface area contributed by atoms with E-state index in [-0.39, 0.29) is 11.3 Å². The molecule has 0 bridgehead atoms. The maximum Gasteiger partial charge on any atom is 0.224 e. The molecule has 0 saturated heterocycles. The zero-order valence-corrected chi connectivity index (χ0v) is 10.8. The van der Waals surface area contributed by atoms with Gasteiger partial charge in [0.2, 0.25) is 5.91 Å². The van der Waals surface area contributed by atoms with Gasteiger partial charge in [-0.15, -0.1) is 0 Å². The topological polar surface area (TPSA) is 29.1 Å². The van der Waals surface area contributed by atoms with Gasteiger partial charge in [0.25, 0.3) is 0 Å². The van der Waals surface area contributed by atoms with Crippen molar-refractivity contribution >= 4 is 5.91 Å². The minimum Gasteiger partial charge on any atom is -0.326 e. The van der Waals surface area contributed by atoms with E-state index in [2.05, 4.69) is 32.7 Å². The summed E-state index contributed by atoms with van der Waals surface area (Å²) in [5.41, 5.74) is 0.798. The summed E-state index contributed by atoms with van der Waals surface area (Å²) in [7, 11) is 0. The third-order valence-electron chi connectivity index (χ3n) is 2.57. The van der Waals surface area contributed by atoms with Gasteiger partial charge in [-0.05, 0) is 24.5 Å². The van der Waals surface area contributed by atoms with Crippen molar-refractivity contribution < 1.29 is 4.79 Å². The Hall–Kier alpha value is -1.31. The van der Waals surface area contributed by atoms with Crippen LogP contribution in [0.15, 0.2) is 36.6 Å². The molecule has 0 radical (unpaired) electrons. The summed E-state index contributed by atoms with van der Waals surface area (Å²) < 4.78 is 0. The van der Waals surface area contributed by atoms with Crippen molar-refractivity contribution in [1.82, 2.24) is 5.32 Å². The molecule has 0 rings (SSSR count). The molecule has 1 N–H and O–H groups in total. The number of nitrogens with one attached hydrogen (secondary N) is 1. The Bertz CT molecular complexity index is 298. The van der Waals surface area contributed by atoms with Gasteiger partial charge in [0, 0.05) is 12.1 Å². The van der Waals surface area contributed by atoms with E-state index in [1.54, 1.807) is 6.08 Å². The molecule has 0 aliphatic carbocycles. The minimum absolute atomic E-state index is 0.0440. The van der Waals surface area contributed by atoms with Crippen molar-refractivity contribution in [3.05, 3.63) is 36.6 Å². The molecule has 90 valence electrons. The minimum atomic E-state index is 0.0440. The maximum atomic E-state index is 11.7. The van der Waals surface area contributed by atoms with Gasteiger partial charge in [-0.2, -0.15) is 0 Å². The van der Waals surface area contributed by atoms with Crippen molar-refractivity contribution in [1.29, 1.82) is 0 Å². The predicted octanol–water partition coefficient (Wildman–Crippen LogP) is 3.57. The Morgan fingerprint density at radius 2 is 2.06 bits per heavy atom. The first-order valence-electron chi connectivity index (χ1n) is 5.70. The third-order valence-corrected chi connectivity index (χ3v) is 2.57. The highest BCUT2D eigenvalue weighted by Gasteiger charge is 2.19. The normalized spacial score (nSPS) is 12.9. The van der Waals surface area contributed by atoms with E-state index in [0.717, 1.165) is 12.1 Å². The average molecular weight is 221 g/mol. The highest BCUT2D eigenvalue weighted by Crippen LogP contribution is 2.24. The van der Waals surface area contributed by atoms with Gasteiger partial charge in [-0.1, -0.05) is 45.9 Å². The fraction of sp³-hybridized carbons (Fsp3) is 0.500. The Labute approximate surface area is 99.1 Å². The summed E-state index contributed by atoms with van der Waals surface area (Å²) in [5.74, 6) is 0.0440. The summed E-state index contributed by atoms with van der Waals surface area (Å²) in [5, 5.41) is 2.84.